The van der Waals surface area contributed by atoms with Crippen molar-refractivity contribution in [2.24, 2.45) is 0 Å². The van der Waals surface area contributed by atoms with Gasteiger partial charge < -0.3 is 15.2 Å². The first-order chi connectivity index (χ1) is 11.5. The van der Waals surface area contributed by atoms with Crippen LogP contribution in [0.4, 0.5) is 8.78 Å². The van der Waals surface area contributed by atoms with Gasteiger partial charge in [0.05, 0.1) is 6.10 Å². The van der Waals surface area contributed by atoms with Crippen molar-refractivity contribution in [2.75, 3.05) is 13.2 Å². The van der Waals surface area contributed by atoms with Gasteiger partial charge in [0.25, 0.3) is 12.3 Å². The van der Waals surface area contributed by atoms with Gasteiger partial charge in [-0.2, -0.15) is 0 Å². The van der Waals surface area contributed by atoms with E-state index in [1.54, 1.807) is 12.1 Å². The average molecular weight is 336 g/mol. The van der Waals surface area contributed by atoms with E-state index in [1.165, 1.54) is 18.3 Å². The van der Waals surface area contributed by atoms with Crippen LogP contribution >= 0.6 is 0 Å². The molecule has 0 saturated heterocycles. The Balaban J connectivity index is 2.01. The van der Waals surface area contributed by atoms with E-state index in [2.05, 4.69) is 10.3 Å². The molecule has 1 amide bonds. The van der Waals surface area contributed by atoms with E-state index in [4.69, 9.17) is 4.74 Å². The number of carbonyl (C=O) groups excluding carboxylic acids is 1. The fourth-order valence-electron chi connectivity index (χ4n) is 2.18. The van der Waals surface area contributed by atoms with E-state index < -0.39 is 25.0 Å². The Morgan fingerprint density at radius 3 is 2.75 bits per heavy atom. The quantitative estimate of drug-likeness (QED) is 0.815. The third-order valence-electron chi connectivity index (χ3n) is 3.37. The fraction of sp³-hybridized carbons (Fsp3) is 0.294. The predicted octanol–water partition coefficient (Wildman–Crippen LogP) is 2.50. The zero-order valence-electron chi connectivity index (χ0n) is 13.1. The Morgan fingerprint density at radius 2 is 2.04 bits per heavy atom. The molecule has 2 N–H and O–H groups in total. The second-order valence-electron chi connectivity index (χ2n) is 5.14. The van der Waals surface area contributed by atoms with Crippen LogP contribution in [0.3, 0.4) is 0 Å². The number of hydrogen-bond donors (Lipinski definition) is 2. The summed E-state index contributed by atoms with van der Waals surface area (Å²) in [7, 11) is 0. The maximum Gasteiger partial charge on any atom is 0.272 e. The Hall–Kier alpha value is -2.54. The minimum atomic E-state index is -2.66. The molecule has 0 aliphatic carbocycles. The molecule has 0 saturated carbocycles. The third kappa shape index (κ3) is 4.73. The van der Waals surface area contributed by atoms with Crippen molar-refractivity contribution in [1.29, 1.82) is 0 Å². The van der Waals surface area contributed by atoms with Crippen molar-refractivity contribution in [1.82, 2.24) is 10.3 Å². The molecule has 1 aromatic carbocycles. The molecule has 5 nitrogen and oxygen atoms in total. The second-order valence-corrected chi connectivity index (χ2v) is 5.14. The van der Waals surface area contributed by atoms with Crippen molar-refractivity contribution in [3.8, 4) is 5.88 Å². The molecule has 0 radical (unpaired) electrons. The number of hydrogen-bond acceptors (Lipinski definition) is 4. The van der Waals surface area contributed by atoms with Crippen LogP contribution in [0.25, 0.3) is 0 Å². The highest BCUT2D eigenvalue weighted by Crippen LogP contribution is 2.18. The smallest absolute Gasteiger partial charge is 0.272 e. The molecule has 24 heavy (non-hydrogen) atoms. The van der Waals surface area contributed by atoms with Crippen molar-refractivity contribution >= 4 is 5.91 Å². The molecule has 2 rings (SSSR count). The van der Waals surface area contributed by atoms with E-state index in [0.29, 0.717) is 5.56 Å². The lowest BCUT2D eigenvalue weighted by Crippen LogP contribution is -2.29. The first-order valence-corrected chi connectivity index (χ1v) is 7.36. The van der Waals surface area contributed by atoms with Gasteiger partial charge in [-0.15, -0.1) is 0 Å². The van der Waals surface area contributed by atoms with Crippen molar-refractivity contribution in [2.45, 2.75) is 19.5 Å². The van der Waals surface area contributed by atoms with Crippen molar-refractivity contribution in [3.05, 3.63) is 59.3 Å². The summed E-state index contributed by atoms with van der Waals surface area (Å²) in [6.07, 6.45) is -2.19. The second kappa shape index (κ2) is 8.35. The van der Waals surface area contributed by atoms with Crippen LogP contribution < -0.4 is 10.1 Å². The van der Waals surface area contributed by atoms with E-state index in [-0.39, 0.29) is 18.0 Å². The van der Waals surface area contributed by atoms with Gasteiger partial charge in [0, 0.05) is 12.7 Å². The lowest BCUT2D eigenvalue weighted by molar-refractivity contribution is 0.0768. The molecular weight excluding hydrogens is 318 g/mol. The maximum atomic E-state index is 12.2. The zero-order chi connectivity index (χ0) is 17.5. The summed E-state index contributed by atoms with van der Waals surface area (Å²) in [4.78, 5) is 16.0. The average Bonchev–Trinajstić information content (AvgIpc) is 2.58. The molecule has 2 aromatic rings. The highest BCUT2D eigenvalue weighted by Gasteiger charge is 2.17. The number of benzene rings is 1. The number of carbonyl (C=O) groups is 1. The highest BCUT2D eigenvalue weighted by atomic mass is 19.3. The van der Waals surface area contributed by atoms with Gasteiger partial charge in [0.2, 0.25) is 5.88 Å². The fourth-order valence-corrected chi connectivity index (χ4v) is 2.18. The summed E-state index contributed by atoms with van der Waals surface area (Å²) in [6, 6.07) is 10.2. The number of aliphatic hydroxyl groups is 1. The topological polar surface area (TPSA) is 71.5 Å². The van der Waals surface area contributed by atoms with Gasteiger partial charge in [-0.05, 0) is 30.2 Å². The van der Waals surface area contributed by atoms with Crippen LogP contribution in [0.5, 0.6) is 5.88 Å². The Bertz CT molecular complexity index is 695. The van der Waals surface area contributed by atoms with Crippen LogP contribution in [0.15, 0.2) is 42.6 Å². The molecule has 1 atom stereocenters. The Kier molecular flexibility index (Phi) is 6.20. The van der Waals surface area contributed by atoms with E-state index in [0.717, 1.165) is 5.56 Å². The molecule has 1 heterocycles. The zero-order valence-corrected chi connectivity index (χ0v) is 13.1. The van der Waals surface area contributed by atoms with Crippen molar-refractivity contribution < 1.29 is 23.4 Å². The number of aromatic nitrogens is 1. The minimum Gasteiger partial charge on any atom is -0.471 e. The number of nitrogens with one attached hydrogen (secondary N) is 1. The number of rotatable bonds is 7. The molecule has 0 aliphatic heterocycles. The lowest BCUT2D eigenvalue weighted by Gasteiger charge is -2.15. The number of ether oxygens (including phenoxy) is 1. The first kappa shape index (κ1) is 17.8. The van der Waals surface area contributed by atoms with Gasteiger partial charge in [-0.1, -0.05) is 24.3 Å². The van der Waals surface area contributed by atoms with Crippen LogP contribution in [-0.4, -0.2) is 35.6 Å². The van der Waals surface area contributed by atoms with Gasteiger partial charge in [0.1, 0.15) is 5.56 Å². The summed E-state index contributed by atoms with van der Waals surface area (Å²) in [5.74, 6) is -0.722. The summed E-state index contributed by atoms with van der Waals surface area (Å²) in [6.45, 7) is 0.994. The number of aryl methyl sites for hydroxylation is 1. The third-order valence-corrected chi connectivity index (χ3v) is 3.37. The standard InChI is InChI=1S/C17H18F2N2O3/c1-11-5-2-3-6-12(11)14(22)9-21-16(23)13-7-4-8-20-17(13)24-10-15(18)19/h2-8,14-15,22H,9-10H2,1H3,(H,21,23). The maximum absolute atomic E-state index is 12.2. The minimum absolute atomic E-state index is 0.0210. The normalized spacial score (nSPS) is 12.0. The van der Waals surface area contributed by atoms with E-state index in [9.17, 15) is 18.7 Å². The SMILES string of the molecule is Cc1ccccc1C(O)CNC(=O)c1cccnc1OCC(F)F. The Labute approximate surface area is 138 Å². The van der Waals surface area contributed by atoms with Gasteiger partial charge in [0.15, 0.2) is 6.61 Å². The molecule has 7 heteroatoms. The molecule has 1 unspecified atom stereocenters. The molecular formula is C17H18F2N2O3. The molecule has 0 spiro atoms. The molecule has 0 fully saturated rings. The van der Waals surface area contributed by atoms with E-state index >= 15 is 0 Å². The number of aliphatic hydroxyl groups excluding tert-OH is 1. The van der Waals surface area contributed by atoms with Crippen LogP contribution in [0.2, 0.25) is 0 Å². The predicted molar refractivity (Wildman–Crippen MR) is 84.2 cm³/mol. The molecule has 128 valence electrons. The summed E-state index contributed by atoms with van der Waals surface area (Å²) >= 11 is 0. The lowest BCUT2D eigenvalue weighted by atomic mass is 10.0. The monoisotopic (exact) mass is 336 g/mol. The summed E-state index contributed by atoms with van der Waals surface area (Å²) in [5.41, 5.74) is 1.65. The largest absolute Gasteiger partial charge is 0.471 e. The van der Waals surface area contributed by atoms with Crippen LogP contribution in [0.1, 0.15) is 27.6 Å². The highest BCUT2D eigenvalue weighted by molar-refractivity contribution is 5.96. The molecule has 0 bridgehead atoms. The first-order valence-electron chi connectivity index (χ1n) is 7.36. The van der Waals surface area contributed by atoms with E-state index in [1.807, 2.05) is 19.1 Å². The van der Waals surface area contributed by atoms with Gasteiger partial charge in [-0.25, -0.2) is 13.8 Å². The number of nitrogens with zero attached hydrogens (tertiary/aromatic N) is 1. The number of pyridine rings is 1. The van der Waals surface area contributed by atoms with Gasteiger partial charge in [-0.3, -0.25) is 4.79 Å². The summed E-state index contributed by atoms with van der Waals surface area (Å²) in [5, 5.41) is 12.7. The number of halogens is 2. The van der Waals surface area contributed by atoms with Crippen LogP contribution in [0, 0.1) is 6.92 Å². The molecule has 0 aliphatic rings. The molecule has 1 aromatic heterocycles. The number of alkyl halides is 2. The van der Waals surface area contributed by atoms with Gasteiger partial charge >= 0.3 is 0 Å². The van der Waals surface area contributed by atoms with Crippen LogP contribution in [-0.2, 0) is 0 Å². The van der Waals surface area contributed by atoms with Crippen molar-refractivity contribution in [3.63, 3.8) is 0 Å². The summed E-state index contributed by atoms with van der Waals surface area (Å²) < 4.78 is 29.3. The number of amides is 1. The Morgan fingerprint density at radius 1 is 1.29 bits per heavy atom.